The normalized spacial score (nSPS) is 21.1. The number of likely N-dealkylation sites (N-methyl/N-ethyl adjacent to an activating group) is 1. The molecule has 1 aromatic rings. The molecular weight excluding hydrogens is 256 g/mol. The Morgan fingerprint density at radius 1 is 1.67 bits per heavy atom. The number of morpholine rings is 1. The first kappa shape index (κ1) is 13.3. The van der Waals surface area contributed by atoms with E-state index in [0.717, 1.165) is 19.6 Å². The van der Waals surface area contributed by atoms with Crippen LogP contribution in [0.5, 0.6) is 0 Å². The van der Waals surface area contributed by atoms with Gasteiger partial charge in [0.15, 0.2) is 5.15 Å². The summed E-state index contributed by atoms with van der Waals surface area (Å²) in [4.78, 5) is 18.0. The van der Waals surface area contributed by atoms with Crippen LogP contribution in [0.1, 0.15) is 6.92 Å². The number of nitrogens with zero attached hydrogens (tertiary/aromatic N) is 3. The summed E-state index contributed by atoms with van der Waals surface area (Å²) in [5.41, 5.74) is 5.24. The van der Waals surface area contributed by atoms with E-state index in [1.165, 1.54) is 10.9 Å². The number of halogens is 1. The Balaban J connectivity index is 2.10. The van der Waals surface area contributed by atoms with Crippen LogP contribution in [0.3, 0.4) is 0 Å². The molecule has 1 fully saturated rings. The van der Waals surface area contributed by atoms with Gasteiger partial charge in [0.1, 0.15) is 5.69 Å². The van der Waals surface area contributed by atoms with E-state index in [1.54, 1.807) is 0 Å². The molecule has 0 bridgehead atoms. The zero-order valence-corrected chi connectivity index (χ0v) is 11.1. The highest BCUT2D eigenvalue weighted by Crippen LogP contribution is 2.10. The Morgan fingerprint density at radius 2 is 2.44 bits per heavy atom. The number of nitrogen functional groups attached to an aromatic ring is 1. The van der Waals surface area contributed by atoms with Crippen molar-refractivity contribution in [1.82, 2.24) is 14.5 Å². The molecular formula is C11H17ClN4O2. The Bertz CT molecular complexity index is 477. The monoisotopic (exact) mass is 272 g/mol. The SMILES string of the molecule is CCN1CCOC(Cn2cnc(Cl)c(N)c2=O)C1. The molecule has 18 heavy (non-hydrogen) atoms. The van der Waals surface area contributed by atoms with Gasteiger partial charge in [-0.2, -0.15) is 0 Å². The van der Waals surface area contributed by atoms with E-state index < -0.39 is 0 Å². The molecule has 1 aromatic heterocycles. The van der Waals surface area contributed by atoms with Crippen LogP contribution in [0.4, 0.5) is 5.69 Å². The number of anilines is 1. The minimum atomic E-state index is -0.313. The number of aromatic nitrogens is 2. The van der Waals surface area contributed by atoms with Gasteiger partial charge in [0.2, 0.25) is 0 Å². The molecule has 0 spiro atoms. The molecule has 1 aliphatic heterocycles. The summed E-state index contributed by atoms with van der Waals surface area (Å²) in [5, 5.41) is 0.0518. The van der Waals surface area contributed by atoms with Crippen LogP contribution < -0.4 is 11.3 Å². The van der Waals surface area contributed by atoms with E-state index in [2.05, 4.69) is 16.8 Å². The van der Waals surface area contributed by atoms with E-state index in [4.69, 9.17) is 22.1 Å². The number of hydrogen-bond donors (Lipinski definition) is 1. The van der Waals surface area contributed by atoms with Gasteiger partial charge in [-0.25, -0.2) is 4.98 Å². The first-order valence-corrected chi connectivity index (χ1v) is 6.34. The van der Waals surface area contributed by atoms with Gasteiger partial charge >= 0.3 is 0 Å². The van der Waals surface area contributed by atoms with Gasteiger partial charge in [-0.05, 0) is 6.54 Å². The maximum Gasteiger partial charge on any atom is 0.278 e. The van der Waals surface area contributed by atoms with Crippen molar-refractivity contribution in [2.75, 3.05) is 32.0 Å². The number of hydrogen-bond acceptors (Lipinski definition) is 5. The maximum absolute atomic E-state index is 11.9. The summed E-state index contributed by atoms with van der Waals surface area (Å²) < 4.78 is 7.09. The lowest BCUT2D eigenvalue weighted by atomic mass is 10.2. The van der Waals surface area contributed by atoms with Crippen LogP contribution >= 0.6 is 11.6 Å². The second-order valence-corrected chi connectivity index (χ2v) is 4.65. The summed E-state index contributed by atoms with van der Waals surface area (Å²) in [7, 11) is 0. The Labute approximate surface area is 110 Å². The van der Waals surface area contributed by atoms with E-state index >= 15 is 0 Å². The highest BCUT2D eigenvalue weighted by Gasteiger charge is 2.20. The van der Waals surface area contributed by atoms with Crippen molar-refractivity contribution >= 4 is 17.3 Å². The van der Waals surface area contributed by atoms with Crippen molar-refractivity contribution in [1.29, 1.82) is 0 Å². The van der Waals surface area contributed by atoms with Crippen LogP contribution in [0.15, 0.2) is 11.1 Å². The Hall–Kier alpha value is -1.11. The molecule has 2 rings (SSSR count). The lowest BCUT2D eigenvalue weighted by Crippen LogP contribution is -2.45. The van der Waals surface area contributed by atoms with Crippen LogP contribution in [0.25, 0.3) is 0 Å². The molecule has 0 radical (unpaired) electrons. The van der Waals surface area contributed by atoms with Crippen molar-refractivity contribution in [2.45, 2.75) is 19.6 Å². The second kappa shape index (κ2) is 5.69. The van der Waals surface area contributed by atoms with E-state index in [1.807, 2.05) is 0 Å². The third-order valence-electron chi connectivity index (χ3n) is 3.09. The molecule has 1 saturated heterocycles. The van der Waals surface area contributed by atoms with Gasteiger partial charge in [-0.1, -0.05) is 18.5 Å². The molecule has 0 aromatic carbocycles. The van der Waals surface area contributed by atoms with Crippen LogP contribution in [-0.2, 0) is 11.3 Å². The van der Waals surface area contributed by atoms with E-state index in [9.17, 15) is 4.79 Å². The van der Waals surface area contributed by atoms with Crippen molar-refractivity contribution < 1.29 is 4.74 Å². The zero-order chi connectivity index (χ0) is 13.1. The summed E-state index contributed by atoms with van der Waals surface area (Å²) >= 11 is 5.69. The van der Waals surface area contributed by atoms with Crippen molar-refractivity contribution in [3.63, 3.8) is 0 Å². The molecule has 1 aliphatic rings. The first-order valence-electron chi connectivity index (χ1n) is 5.96. The molecule has 1 atom stereocenters. The van der Waals surface area contributed by atoms with Crippen LogP contribution in [0.2, 0.25) is 5.15 Å². The van der Waals surface area contributed by atoms with E-state index in [0.29, 0.717) is 13.2 Å². The molecule has 2 heterocycles. The molecule has 0 aliphatic carbocycles. The highest BCUT2D eigenvalue weighted by molar-refractivity contribution is 6.31. The molecule has 1 unspecified atom stereocenters. The van der Waals surface area contributed by atoms with Crippen molar-refractivity contribution in [2.24, 2.45) is 0 Å². The zero-order valence-electron chi connectivity index (χ0n) is 10.3. The third-order valence-corrected chi connectivity index (χ3v) is 3.40. The predicted molar refractivity (Wildman–Crippen MR) is 69.8 cm³/mol. The van der Waals surface area contributed by atoms with Crippen molar-refractivity contribution in [3.8, 4) is 0 Å². The maximum atomic E-state index is 11.9. The number of ether oxygens (including phenoxy) is 1. The fourth-order valence-corrected chi connectivity index (χ4v) is 2.14. The molecule has 0 saturated carbocycles. The summed E-state index contributed by atoms with van der Waals surface area (Å²) in [6.45, 7) is 5.97. The average Bonchev–Trinajstić information content (AvgIpc) is 2.40. The topological polar surface area (TPSA) is 73.4 Å². The summed E-state index contributed by atoms with van der Waals surface area (Å²) in [6.07, 6.45) is 1.40. The van der Waals surface area contributed by atoms with Gasteiger partial charge in [0.25, 0.3) is 5.56 Å². The number of nitrogens with two attached hydrogens (primary N) is 1. The fraction of sp³-hybridized carbons (Fsp3) is 0.636. The van der Waals surface area contributed by atoms with Crippen LogP contribution in [-0.4, -0.2) is 46.8 Å². The first-order chi connectivity index (χ1) is 8.61. The smallest absolute Gasteiger partial charge is 0.278 e. The molecule has 7 heteroatoms. The highest BCUT2D eigenvalue weighted by atomic mass is 35.5. The van der Waals surface area contributed by atoms with E-state index in [-0.39, 0.29) is 22.5 Å². The fourth-order valence-electron chi connectivity index (χ4n) is 2.01. The third kappa shape index (κ3) is 2.82. The van der Waals surface area contributed by atoms with Crippen molar-refractivity contribution in [3.05, 3.63) is 21.8 Å². The average molecular weight is 273 g/mol. The molecule has 100 valence electrons. The lowest BCUT2D eigenvalue weighted by molar-refractivity contribution is -0.0348. The minimum Gasteiger partial charge on any atom is -0.392 e. The Morgan fingerprint density at radius 3 is 3.17 bits per heavy atom. The summed E-state index contributed by atoms with van der Waals surface area (Å²) in [6, 6.07) is 0. The molecule has 6 nitrogen and oxygen atoms in total. The standard InChI is InChI=1S/C11H17ClN4O2/c1-2-15-3-4-18-8(5-15)6-16-7-14-10(12)9(13)11(16)17/h7-8H,2-6,13H2,1H3. The minimum absolute atomic E-state index is 0.0117. The summed E-state index contributed by atoms with van der Waals surface area (Å²) in [5.74, 6) is 0. The largest absolute Gasteiger partial charge is 0.392 e. The van der Waals surface area contributed by atoms with Gasteiger partial charge in [-0.3, -0.25) is 14.3 Å². The van der Waals surface area contributed by atoms with Gasteiger partial charge < -0.3 is 10.5 Å². The quantitative estimate of drug-likeness (QED) is 0.796. The second-order valence-electron chi connectivity index (χ2n) is 4.29. The van der Waals surface area contributed by atoms with Gasteiger partial charge in [0, 0.05) is 13.1 Å². The van der Waals surface area contributed by atoms with Gasteiger partial charge in [-0.15, -0.1) is 0 Å². The number of rotatable bonds is 3. The van der Waals surface area contributed by atoms with Crippen LogP contribution in [0, 0.1) is 0 Å². The Kier molecular flexibility index (Phi) is 4.21. The lowest BCUT2D eigenvalue weighted by Gasteiger charge is -2.32. The molecule has 0 amide bonds. The predicted octanol–water partition coefficient (Wildman–Crippen LogP) is 0.200. The molecule has 2 N–H and O–H groups in total. The van der Waals surface area contributed by atoms with Gasteiger partial charge in [0.05, 0.1) is 25.6 Å².